The van der Waals surface area contributed by atoms with E-state index in [9.17, 15) is 14.0 Å². The normalized spacial score (nSPS) is 11.5. The van der Waals surface area contributed by atoms with Gasteiger partial charge in [0.25, 0.3) is 0 Å². The molecular formula is C45H35Cl2FN6O3. The van der Waals surface area contributed by atoms with Crippen LogP contribution in [0.1, 0.15) is 28.1 Å². The molecule has 6 aromatic carbocycles. The summed E-state index contributed by atoms with van der Waals surface area (Å²) in [6, 6.07) is 43.3. The number of imidazole rings is 1. The smallest absolute Gasteiger partial charge is 0.329 e. The van der Waals surface area contributed by atoms with Crippen LogP contribution in [0.25, 0.3) is 22.2 Å². The Morgan fingerprint density at radius 3 is 1.93 bits per heavy atom. The molecule has 0 saturated carbocycles. The van der Waals surface area contributed by atoms with Gasteiger partial charge in [-0.3, -0.25) is 18.5 Å². The standard InChI is InChI=1S/C45H35Cl2FN6O3/c1-29-22-36(42-39(23-29)53(44(56)52(42)2)26-41(55)50-35-20-18-34(48)19-21-35)30-24-37(46)43(38(47)25-30)57-27-40-51-49-28-54(40)45(31-12-6-3-7-13-31,32-14-8-4-9-15-32)33-16-10-5-11-17-33/h3-25,28H,26-27H2,1-2H3,(H,50,55). The fraction of sp³-hybridized carbons (Fsp3) is 0.111. The van der Waals surface area contributed by atoms with Crippen LogP contribution in [-0.4, -0.2) is 29.8 Å². The Hall–Kier alpha value is -6.49. The highest BCUT2D eigenvalue weighted by molar-refractivity contribution is 6.37. The van der Waals surface area contributed by atoms with Crippen molar-refractivity contribution in [3.63, 3.8) is 0 Å². The third-order valence-corrected chi connectivity index (χ3v) is 10.6. The van der Waals surface area contributed by atoms with Crippen LogP contribution in [0, 0.1) is 12.7 Å². The van der Waals surface area contributed by atoms with Crippen molar-refractivity contribution in [2.45, 2.75) is 25.6 Å². The summed E-state index contributed by atoms with van der Waals surface area (Å²) in [6.07, 6.45) is 1.71. The number of nitrogens with zero attached hydrogens (tertiary/aromatic N) is 5. The van der Waals surface area contributed by atoms with Gasteiger partial charge < -0.3 is 10.1 Å². The Morgan fingerprint density at radius 2 is 1.37 bits per heavy atom. The van der Waals surface area contributed by atoms with Crippen LogP contribution in [0.3, 0.4) is 0 Å². The van der Waals surface area contributed by atoms with E-state index in [0.717, 1.165) is 22.3 Å². The summed E-state index contributed by atoms with van der Waals surface area (Å²) in [7, 11) is 1.65. The number of rotatable bonds is 11. The van der Waals surface area contributed by atoms with Crippen LogP contribution in [-0.2, 0) is 30.5 Å². The SMILES string of the molecule is Cc1cc(-c2cc(Cl)c(OCc3nncn3C(c3ccccc3)(c3ccccc3)c3ccccc3)c(Cl)c2)c2c(c1)n(CC(=O)Nc1ccc(F)cc1)c(=O)n2C. The summed E-state index contributed by atoms with van der Waals surface area (Å²) in [5.41, 5.74) is 5.52. The first-order chi connectivity index (χ1) is 27.6. The molecule has 2 heterocycles. The second-order valence-corrected chi connectivity index (χ2v) is 14.5. The number of amides is 1. The maximum absolute atomic E-state index is 13.6. The fourth-order valence-electron chi connectivity index (χ4n) is 7.53. The van der Waals surface area contributed by atoms with Crippen LogP contribution >= 0.6 is 23.2 Å². The summed E-state index contributed by atoms with van der Waals surface area (Å²) in [5.74, 6) is -0.0634. The molecule has 0 aliphatic rings. The minimum atomic E-state index is -0.853. The zero-order valence-corrected chi connectivity index (χ0v) is 32.4. The van der Waals surface area contributed by atoms with Crippen molar-refractivity contribution in [2.24, 2.45) is 7.05 Å². The molecule has 8 rings (SSSR count). The maximum Gasteiger partial charge on any atom is 0.329 e. The number of hydrogen-bond acceptors (Lipinski definition) is 5. The Morgan fingerprint density at radius 1 is 0.807 bits per heavy atom. The van der Waals surface area contributed by atoms with Gasteiger partial charge in [-0.2, -0.15) is 0 Å². The van der Waals surface area contributed by atoms with E-state index in [1.165, 1.54) is 33.4 Å². The average Bonchev–Trinajstić information content (AvgIpc) is 3.78. The lowest BCUT2D eigenvalue weighted by Crippen LogP contribution is -2.38. The third-order valence-electron chi connectivity index (χ3n) is 10.0. The first kappa shape index (κ1) is 37.4. The fourth-order valence-corrected chi connectivity index (χ4v) is 8.13. The Bertz CT molecular complexity index is 2670. The van der Waals surface area contributed by atoms with Gasteiger partial charge in [0.1, 0.15) is 30.8 Å². The third kappa shape index (κ3) is 6.98. The summed E-state index contributed by atoms with van der Waals surface area (Å²) >= 11 is 13.9. The molecule has 57 heavy (non-hydrogen) atoms. The lowest BCUT2D eigenvalue weighted by Gasteiger charge is -2.38. The molecule has 2 aromatic heterocycles. The van der Waals surface area contributed by atoms with Crippen molar-refractivity contribution in [1.29, 1.82) is 0 Å². The van der Waals surface area contributed by atoms with Crippen LogP contribution in [0.5, 0.6) is 5.75 Å². The number of anilines is 1. The molecule has 0 bridgehead atoms. The molecule has 9 nitrogen and oxygen atoms in total. The van der Waals surface area contributed by atoms with Crippen molar-refractivity contribution in [3.8, 4) is 16.9 Å². The molecule has 1 amide bonds. The monoisotopic (exact) mass is 796 g/mol. The van der Waals surface area contributed by atoms with Gasteiger partial charge in [-0.15, -0.1) is 10.2 Å². The van der Waals surface area contributed by atoms with Gasteiger partial charge in [0.05, 0.1) is 21.1 Å². The highest BCUT2D eigenvalue weighted by atomic mass is 35.5. The number of fused-ring (bicyclic) bond motifs is 1. The first-order valence-corrected chi connectivity index (χ1v) is 18.8. The zero-order valence-electron chi connectivity index (χ0n) is 30.9. The second-order valence-electron chi connectivity index (χ2n) is 13.6. The Balaban J connectivity index is 1.14. The highest BCUT2D eigenvalue weighted by Gasteiger charge is 2.40. The van der Waals surface area contributed by atoms with Gasteiger partial charge in [-0.1, -0.05) is 114 Å². The van der Waals surface area contributed by atoms with E-state index >= 15 is 0 Å². The van der Waals surface area contributed by atoms with E-state index in [4.69, 9.17) is 27.9 Å². The molecule has 284 valence electrons. The number of carbonyl (C=O) groups is 1. The average molecular weight is 798 g/mol. The zero-order chi connectivity index (χ0) is 39.7. The van der Waals surface area contributed by atoms with Crippen molar-refractivity contribution in [3.05, 3.63) is 200 Å². The molecule has 0 saturated heterocycles. The van der Waals surface area contributed by atoms with E-state index in [0.29, 0.717) is 33.7 Å². The lowest BCUT2D eigenvalue weighted by atomic mass is 9.76. The number of carbonyl (C=O) groups excluding carboxylic acids is 1. The molecular weight excluding hydrogens is 762 g/mol. The molecule has 8 aromatic rings. The molecule has 0 radical (unpaired) electrons. The number of hydrogen-bond donors (Lipinski definition) is 1. The summed E-state index contributed by atoms with van der Waals surface area (Å²) in [6.45, 7) is 1.63. The van der Waals surface area contributed by atoms with Crippen molar-refractivity contribution >= 4 is 45.8 Å². The van der Waals surface area contributed by atoms with Crippen molar-refractivity contribution in [2.75, 3.05) is 5.32 Å². The number of benzene rings is 6. The maximum atomic E-state index is 13.6. The Kier molecular flexibility index (Phi) is 10.2. The van der Waals surface area contributed by atoms with Gasteiger partial charge in [-0.05, 0) is 83.3 Å². The van der Waals surface area contributed by atoms with Crippen LogP contribution in [0.4, 0.5) is 10.1 Å². The van der Waals surface area contributed by atoms with Crippen LogP contribution in [0.2, 0.25) is 10.0 Å². The quantitative estimate of drug-likeness (QED) is 0.132. The van der Waals surface area contributed by atoms with Crippen molar-refractivity contribution < 1.29 is 13.9 Å². The topological polar surface area (TPSA) is 96.0 Å². The number of aromatic nitrogens is 5. The van der Waals surface area contributed by atoms with Crippen LogP contribution < -0.4 is 15.7 Å². The minimum absolute atomic E-state index is 0.0148. The van der Waals surface area contributed by atoms with E-state index in [2.05, 4.69) is 51.9 Å². The number of halogens is 3. The van der Waals surface area contributed by atoms with E-state index in [-0.39, 0.29) is 34.6 Å². The largest absolute Gasteiger partial charge is 0.482 e. The van der Waals surface area contributed by atoms with Gasteiger partial charge in [0.2, 0.25) is 5.91 Å². The number of ether oxygens (including phenoxy) is 1. The highest BCUT2D eigenvalue weighted by Crippen LogP contribution is 2.43. The molecule has 0 fully saturated rings. The number of nitrogens with one attached hydrogen (secondary N) is 1. The van der Waals surface area contributed by atoms with Gasteiger partial charge in [0.15, 0.2) is 11.6 Å². The Labute approximate surface area is 337 Å². The predicted molar refractivity (Wildman–Crippen MR) is 221 cm³/mol. The van der Waals surface area contributed by atoms with E-state index < -0.39 is 17.3 Å². The molecule has 0 spiro atoms. The summed E-state index contributed by atoms with van der Waals surface area (Å²) in [4.78, 5) is 26.6. The molecule has 0 unspecified atom stereocenters. The molecule has 0 aliphatic carbocycles. The molecule has 12 heteroatoms. The minimum Gasteiger partial charge on any atom is -0.482 e. The van der Waals surface area contributed by atoms with Gasteiger partial charge in [-0.25, -0.2) is 9.18 Å². The van der Waals surface area contributed by atoms with E-state index in [1.807, 2.05) is 78.2 Å². The summed E-state index contributed by atoms with van der Waals surface area (Å²) in [5, 5.41) is 12.1. The van der Waals surface area contributed by atoms with Crippen molar-refractivity contribution in [1.82, 2.24) is 23.9 Å². The van der Waals surface area contributed by atoms with Gasteiger partial charge in [0, 0.05) is 18.3 Å². The summed E-state index contributed by atoms with van der Waals surface area (Å²) < 4.78 is 24.7. The molecule has 0 aliphatic heterocycles. The first-order valence-electron chi connectivity index (χ1n) is 18.1. The lowest BCUT2D eigenvalue weighted by molar-refractivity contribution is -0.116. The second kappa shape index (κ2) is 15.6. The van der Waals surface area contributed by atoms with Crippen LogP contribution in [0.15, 0.2) is 151 Å². The molecule has 1 N–H and O–H groups in total. The predicted octanol–water partition coefficient (Wildman–Crippen LogP) is 9.41. The van der Waals surface area contributed by atoms with E-state index in [1.54, 1.807) is 25.5 Å². The van der Waals surface area contributed by atoms with Gasteiger partial charge >= 0.3 is 5.69 Å². The number of aryl methyl sites for hydroxylation is 2. The molecule has 0 atom stereocenters.